The van der Waals surface area contributed by atoms with E-state index in [1.54, 1.807) is 0 Å². The molecule has 13 heavy (non-hydrogen) atoms. The molecule has 0 aromatic carbocycles. The van der Waals surface area contributed by atoms with Gasteiger partial charge in [-0.3, -0.25) is 0 Å². The van der Waals surface area contributed by atoms with Crippen molar-refractivity contribution in [3.63, 3.8) is 0 Å². The SMILES string of the molecule is Cl.Cl.[Fe+4].[NH-]CC(=O)[O-].[NH-]CC(=O)[O-]. The second kappa shape index (κ2) is 22.7. The average Bonchev–Trinajstić information content (AvgIpc) is 1.89. The summed E-state index contributed by atoms with van der Waals surface area (Å²) in [6.07, 6.45) is 0. The summed E-state index contributed by atoms with van der Waals surface area (Å²) in [5.41, 5.74) is 12.0. The Kier molecular flexibility index (Phi) is 51.0. The molecule has 80 valence electrons. The van der Waals surface area contributed by atoms with E-state index in [0.29, 0.717) is 0 Å². The smallest absolute Gasteiger partial charge is 0.673 e. The van der Waals surface area contributed by atoms with Gasteiger partial charge in [0.1, 0.15) is 0 Å². The Morgan fingerprint density at radius 3 is 1.00 bits per heavy atom. The van der Waals surface area contributed by atoms with Gasteiger partial charge in [0.25, 0.3) is 0 Å². The zero-order valence-electron chi connectivity index (χ0n) is 6.22. The van der Waals surface area contributed by atoms with Crippen molar-refractivity contribution in [2.75, 3.05) is 13.1 Å². The molecule has 2 N–H and O–H groups in total. The minimum atomic E-state index is -1.33. The molecular formula is C4H8Cl2FeN2O4. The van der Waals surface area contributed by atoms with Crippen molar-refractivity contribution in [3.05, 3.63) is 11.5 Å². The van der Waals surface area contributed by atoms with Crippen LogP contribution >= 0.6 is 24.8 Å². The number of carboxylic acid groups (broad SMARTS) is 2. The molecule has 0 aromatic heterocycles. The van der Waals surface area contributed by atoms with Gasteiger partial charge in [0.05, 0.1) is 0 Å². The fourth-order valence-electron chi connectivity index (χ4n) is 0. The standard InChI is InChI=1S/2C2H4NO2.2ClH.Fe/c2*3-1-2(4)5;;;/h2*3H,1H2,(H,4,5);2*1H;/q2*-1;;;+4/p-2. The summed E-state index contributed by atoms with van der Waals surface area (Å²) in [6.45, 7) is -1.28. The summed E-state index contributed by atoms with van der Waals surface area (Å²) >= 11 is 0. The van der Waals surface area contributed by atoms with E-state index in [9.17, 15) is 0 Å². The first kappa shape index (κ1) is 29.3. The molecule has 0 aromatic rings. The van der Waals surface area contributed by atoms with Gasteiger partial charge < -0.3 is 31.3 Å². The Bertz CT molecular complexity index is 113. The van der Waals surface area contributed by atoms with Crippen LogP contribution in [0.5, 0.6) is 0 Å². The number of carboxylic acids is 2. The monoisotopic (exact) mass is 274 g/mol. The van der Waals surface area contributed by atoms with Crippen LogP contribution in [-0.4, -0.2) is 25.0 Å². The Hall–Kier alpha value is -0.0405. The molecule has 0 fully saturated rings. The largest absolute Gasteiger partial charge is 4.00 e. The summed E-state index contributed by atoms with van der Waals surface area (Å²) in [5.74, 6) is -2.66. The van der Waals surface area contributed by atoms with Crippen LogP contribution in [0.1, 0.15) is 0 Å². The molecule has 0 radical (unpaired) electrons. The van der Waals surface area contributed by atoms with Crippen molar-refractivity contribution in [3.8, 4) is 0 Å². The summed E-state index contributed by atoms with van der Waals surface area (Å²) in [6, 6.07) is 0. The Labute approximate surface area is 98.3 Å². The molecule has 0 amide bonds. The van der Waals surface area contributed by atoms with Crippen LogP contribution in [-0.2, 0) is 26.7 Å². The molecule has 0 aliphatic carbocycles. The van der Waals surface area contributed by atoms with E-state index >= 15 is 0 Å². The first-order chi connectivity index (χ1) is 4.54. The molecule has 0 spiro atoms. The van der Waals surface area contributed by atoms with Gasteiger partial charge in [-0.2, -0.15) is 0 Å². The first-order valence-electron chi connectivity index (χ1n) is 2.23. The second-order valence-corrected chi connectivity index (χ2v) is 1.10. The van der Waals surface area contributed by atoms with Crippen molar-refractivity contribution in [1.82, 2.24) is 0 Å². The third-order valence-electron chi connectivity index (χ3n) is 0.289. The molecule has 9 heteroatoms. The molecule has 0 aliphatic rings. The summed E-state index contributed by atoms with van der Waals surface area (Å²) in [4.78, 5) is 18.1. The van der Waals surface area contributed by atoms with Gasteiger partial charge in [0, 0.05) is 11.9 Å². The van der Waals surface area contributed by atoms with Crippen molar-refractivity contribution in [2.45, 2.75) is 0 Å². The fourth-order valence-corrected chi connectivity index (χ4v) is 0. The number of hydrogen-bond donors (Lipinski definition) is 0. The number of hydrogen-bond acceptors (Lipinski definition) is 4. The fraction of sp³-hybridized carbons (Fsp3) is 0.500. The van der Waals surface area contributed by atoms with E-state index in [4.69, 9.17) is 31.3 Å². The third kappa shape index (κ3) is 75.7. The Morgan fingerprint density at radius 1 is 0.923 bits per heavy atom. The quantitative estimate of drug-likeness (QED) is 0.563. The molecule has 0 bridgehead atoms. The third-order valence-corrected chi connectivity index (χ3v) is 0.289. The predicted octanol–water partition coefficient (Wildman–Crippen LogP) is -1.58. The van der Waals surface area contributed by atoms with Crippen molar-refractivity contribution in [1.29, 1.82) is 0 Å². The van der Waals surface area contributed by atoms with E-state index in [1.807, 2.05) is 0 Å². The summed E-state index contributed by atoms with van der Waals surface area (Å²) in [7, 11) is 0. The van der Waals surface area contributed by atoms with E-state index in [1.165, 1.54) is 0 Å². The summed E-state index contributed by atoms with van der Waals surface area (Å²) in [5, 5.41) is 18.1. The maximum Gasteiger partial charge on any atom is 4.00 e. The van der Waals surface area contributed by atoms with Crippen molar-refractivity contribution >= 4 is 36.8 Å². The molecule has 0 saturated carbocycles. The molecule has 0 saturated heterocycles. The second-order valence-electron chi connectivity index (χ2n) is 1.10. The van der Waals surface area contributed by atoms with Crippen LogP contribution in [0.25, 0.3) is 11.5 Å². The average molecular weight is 275 g/mol. The van der Waals surface area contributed by atoms with E-state index < -0.39 is 25.0 Å². The van der Waals surface area contributed by atoms with E-state index in [2.05, 4.69) is 0 Å². The number of aliphatic carboxylic acids is 2. The van der Waals surface area contributed by atoms with Crippen LogP contribution in [0.4, 0.5) is 0 Å². The van der Waals surface area contributed by atoms with Gasteiger partial charge >= 0.3 is 17.1 Å². The van der Waals surface area contributed by atoms with Gasteiger partial charge in [0.2, 0.25) is 0 Å². The molecule has 0 aliphatic heterocycles. The number of carbonyl (C=O) groups excluding carboxylic acids is 2. The normalized spacial score (nSPS) is 5.69. The molecule has 0 heterocycles. The number of nitrogens with one attached hydrogen (secondary N) is 2. The molecule has 6 nitrogen and oxygen atoms in total. The molecular weight excluding hydrogens is 267 g/mol. The zero-order valence-corrected chi connectivity index (χ0v) is 8.95. The van der Waals surface area contributed by atoms with Crippen molar-refractivity contribution < 1.29 is 36.9 Å². The van der Waals surface area contributed by atoms with Gasteiger partial charge in [-0.05, 0) is 0 Å². The number of rotatable bonds is 2. The minimum Gasteiger partial charge on any atom is -0.673 e. The van der Waals surface area contributed by atoms with Gasteiger partial charge in [-0.1, -0.05) is 0 Å². The van der Waals surface area contributed by atoms with Gasteiger partial charge in [-0.15, -0.1) is 37.9 Å². The van der Waals surface area contributed by atoms with Crippen LogP contribution in [0.15, 0.2) is 0 Å². The summed E-state index contributed by atoms with van der Waals surface area (Å²) < 4.78 is 0. The van der Waals surface area contributed by atoms with E-state index in [0.717, 1.165) is 0 Å². The van der Waals surface area contributed by atoms with Crippen molar-refractivity contribution in [2.24, 2.45) is 0 Å². The first-order valence-corrected chi connectivity index (χ1v) is 2.23. The Morgan fingerprint density at radius 2 is 1.00 bits per heavy atom. The Balaban J connectivity index is -0.0000000267. The van der Waals surface area contributed by atoms with E-state index in [-0.39, 0.29) is 41.9 Å². The van der Waals surface area contributed by atoms with Gasteiger partial charge in [0.15, 0.2) is 0 Å². The molecule has 0 unspecified atom stereocenters. The topological polar surface area (TPSA) is 128 Å². The maximum absolute atomic E-state index is 9.07. The van der Waals surface area contributed by atoms with Crippen LogP contribution in [0.3, 0.4) is 0 Å². The van der Waals surface area contributed by atoms with Crippen LogP contribution in [0.2, 0.25) is 0 Å². The number of carbonyl (C=O) groups is 2. The maximum atomic E-state index is 9.07. The minimum absolute atomic E-state index is 0. The van der Waals surface area contributed by atoms with Crippen LogP contribution in [0, 0.1) is 0 Å². The molecule has 0 rings (SSSR count). The zero-order chi connectivity index (χ0) is 8.57. The van der Waals surface area contributed by atoms with Crippen LogP contribution < -0.4 is 10.2 Å². The predicted molar refractivity (Wildman–Crippen MR) is 42.9 cm³/mol. The molecule has 0 atom stereocenters. The number of halogens is 2. The van der Waals surface area contributed by atoms with Gasteiger partial charge in [-0.25, -0.2) is 0 Å².